The third-order valence-corrected chi connectivity index (χ3v) is 11.7. The molecule has 0 aromatic carbocycles. The number of thioether (sulfide) groups is 1. The van der Waals surface area contributed by atoms with Crippen LogP contribution in [0.15, 0.2) is 5.11 Å². The fraction of sp³-hybridized carbons (Fsp3) is 0.780. The summed E-state index contributed by atoms with van der Waals surface area (Å²) < 4.78 is 38.3. The molecule has 4 heterocycles. The summed E-state index contributed by atoms with van der Waals surface area (Å²) in [5, 5.41) is 27.7. The smallest absolute Gasteiger partial charge is 0.313 e. The van der Waals surface area contributed by atoms with Crippen molar-refractivity contribution < 1.29 is 95.7 Å². The van der Waals surface area contributed by atoms with Gasteiger partial charge < -0.3 is 80.6 Å². The van der Waals surface area contributed by atoms with E-state index in [0.29, 0.717) is 36.6 Å². The summed E-state index contributed by atoms with van der Waals surface area (Å²) >= 11 is 9.12. The molecule has 4 rings (SSSR count). The lowest BCUT2D eigenvalue weighted by atomic mass is 10.1. The lowest BCUT2D eigenvalue weighted by Crippen LogP contribution is -2.55. The fourth-order valence-electron chi connectivity index (χ4n) is 5.81. The van der Waals surface area contributed by atoms with Crippen molar-refractivity contribution in [1.29, 1.82) is 0 Å². The van der Waals surface area contributed by atoms with Crippen LogP contribution in [0.1, 0.15) is 121 Å². The fourth-order valence-corrected chi connectivity index (χ4v) is 6.50. The summed E-state index contributed by atoms with van der Waals surface area (Å²) in [6.07, 6.45) is 5.39. The number of esters is 4. The maximum Gasteiger partial charge on any atom is 0.313 e. The van der Waals surface area contributed by atoms with Crippen LogP contribution >= 0.6 is 69.6 Å². The minimum atomic E-state index is -0.759. The molecule has 8 unspecified atom stereocenters. The first-order valence-corrected chi connectivity index (χ1v) is 30.9. The largest absolute Gasteiger partial charge is 0.481 e. The van der Waals surface area contributed by atoms with E-state index in [4.69, 9.17) is 35.3 Å². The minimum absolute atomic E-state index is 0.00116. The molecule has 0 aliphatic carbocycles. The third-order valence-electron chi connectivity index (χ3n) is 9.45. The number of nitrogens with two attached hydrogens (primary N) is 1. The second kappa shape index (κ2) is 63.0. The van der Waals surface area contributed by atoms with Crippen LogP contribution in [0.3, 0.4) is 0 Å². The Morgan fingerprint density at radius 3 is 1.15 bits per heavy atom. The number of nitrogens with one attached hydrogen (secondary N) is 6. The number of hydrogen-bond acceptors (Lipinski definition) is 23. The van der Waals surface area contributed by atoms with Crippen molar-refractivity contribution in [2.75, 3.05) is 81.0 Å². The zero-order chi connectivity index (χ0) is 66.0. The number of aliphatic carboxylic acids is 1. The number of amides is 6. The number of rotatable bonds is 12. The van der Waals surface area contributed by atoms with Gasteiger partial charge in [-0.1, -0.05) is 64.1 Å². The average Bonchev–Trinajstić information content (AvgIpc) is 3.44. The standard InChI is InChI=1S/C11H20N2O3S.C9H15IN2O3.C7H12N4O2.C7H14N2O2.4C3H6O2.C2H3IO2.C2H6S/c1-3-17-7-10(15)13-11-9(12-8(2)14)5-4-6-16-11;1-6(13)11-7-3-2-4-15-9(7)12-8(14)5-10;1-5(12)9-6-3-2-4-13-7(6)10-11-8;1-5(10)9-6-3-2-4-11-7(6)8;4*1-3(4)5-2;3-1-2(4)5;1-2-3/h9,11H,3-7H2,1-2H3,(H,12,14)(H,13,15);7,9H,2-5H2,1H3,(H,11,13)(H,12,14);6-7H,2-4H2,1H3,(H,9,12);6-7H,2-4,8H2,1H3,(H,9,10);4*1-2H3;1H2,(H,4,5);3H,2H2,1H3. The molecule has 0 bridgehead atoms. The summed E-state index contributed by atoms with van der Waals surface area (Å²) in [5.41, 5.74) is 13.8. The van der Waals surface area contributed by atoms with Gasteiger partial charge in [0.1, 0.15) is 18.7 Å². The van der Waals surface area contributed by atoms with Gasteiger partial charge >= 0.3 is 29.8 Å². The van der Waals surface area contributed by atoms with Gasteiger partial charge in [-0.15, -0.1) is 0 Å². The lowest BCUT2D eigenvalue weighted by Gasteiger charge is -2.32. The van der Waals surface area contributed by atoms with Crippen molar-refractivity contribution >= 4 is 135 Å². The second-order valence-corrected chi connectivity index (χ2v) is 20.1. The highest BCUT2D eigenvalue weighted by molar-refractivity contribution is 14.1. The highest BCUT2D eigenvalue weighted by Crippen LogP contribution is 2.16. The van der Waals surface area contributed by atoms with Crippen molar-refractivity contribution in [2.45, 2.75) is 170 Å². The number of halogens is 2. The molecule has 84 heavy (non-hydrogen) atoms. The SMILES string of the molecule is CC(=O)NC1CCCOC1N.CC(=O)NC1CCCOC1N=[N+]=[N-].CC(=O)NC1CCCOC1NC(=O)CI.CCS.CCSCC(=O)NC1OCCCC1NC(C)=O.COC(C)=O.COC(C)=O.COC(C)=O.COC(C)=O.O=C(O)CI. The molecular weight excluding hydrogens is 1380 g/mol. The number of methoxy groups -OCH3 is 4. The predicted molar refractivity (Wildman–Crippen MR) is 335 cm³/mol. The molecule has 0 aromatic heterocycles. The van der Waals surface area contributed by atoms with Crippen LogP contribution in [-0.4, -0.2) is 200 Å². The number of carboxylic acids is 1. The van der Waals surface area contributed by atoms with Gasteiger partial charge in [0.2, 0.25) is 35.4 Å². The molecule has 490 valence electrons. The second-order valence-electron chi connectivity index (χ2n) is 16.7. The van der Waals surface area contributed by atoms with Crippen LogP contribution in [0, 0.1) is 0 Å². The van der Waals surface area contributed by atoms with E-state index in [1.165, 1.54) is 83.8 Å². The maximum atomic E-state index is 11.6. The lowest BCUT2D eigenvalue weighted by molar-refractivity contribution is -0.138. The maximum absolute atomic E-state index is 11.6. The number of carboxylic acid groups (broad SMARTS) is 1. The third kappa shape index (κ3) is 66.6. The molecule has 9 N–H and O–H groups in total. The molecule has 0 radical (unpaired) electrons. The van der Waals surface area contributed by atoms with Crippen LogP contribution in [0.4, 0.5) is 0 Å². The Morgan fingerprint density at radius 2 is 0.857 bits per heavy atom. The molecule has 4 fully saturated rings. The first kappa shape index (κ1) is 90.6. The predicted octanol–water partition coefficient (Wildman–Crippen LogP) is 3.36. The number of alkyl halides is 2. The van der Waals surface area contributed by atoms with Gasteiger partial charge in [0.15, 0.2) is 6.23 Å². The average molecular weight is 1470 g/mol. The van der Waals surface area contributed by atoms with Gasteiger partial charge in [0.25, 0.3) is 0 Å². The van der Waals surface area contributed by atoms with E-state index in [1.807, 2.05) is 36.4 Å². The van der Waals surface area contributed by atoms with Crippen LogP contribution in [0.25, 0.3) is 10.4 Å². The molecule has 6 amide bonds. The van der Waals surface area contributed by atoms with Crippen molar-refractivity contribution in [2.24, 2.45) is 10.8 Å². The van der Waals surface area contributed by atoms with Gasteiger partial charge in [-0.05, 0) is 68.4 Å². The summed E-state index contributed by atoms with van der Waals surface area (Å²) in [6, 6.07) is -0.400. The van der Waals surface area contributed by atoms with Crippen LogP contribution in [0.5, 0.6) is 0 Å². The Balaban J connectivity index is -0.000000211. The summed E-state index contributed by atoms with van der Waals surface area (Å²) in [4.78, 5) is 117. The number of carbonyl (C=O) groups is 11. The molecule has 34 heteroatoms. The molecule has 4 saturated heterocycles. The first-order valence-electron chi connectivity index (χ1n) is 26.1. The molecule has 4 aliphatic heterocycles. The molecule has 4 aliphatic rings. The Morgan fingerprint density at radius 1 is 0.560 bits per heavy atom. The van der Waals surface area contributed by atoms with E-state index in [-0.39, 0.29) is 100 Å². The normalized spacial score (nSPS) is 20.1. The van der Waals surface area contributed by atoms with Crippen molar-refractivity contribution in [3.8, 4) is 0 Å². The molecule has 8 atom stereocenters. The van der Waals surface area contributed by atoms with E-state index < -0.39 is 18.4 Å². The Hall–Kier alpha value is -4.56. The minimum Gasteiger partial charge on any atom is -0.481 e. The van der Waals surface area contributed by atoms with E-state index in [0.717, 1.165) is 62.9 Å². The highest BCUT2D eigenvalue weighted by atomic mass is 127. The Kier molecular flexibility index (Phi) is 67.9. The summed E-state index contributed by atoms with van der Waals surface area (Å²) in [6.45, 7) is 17.8. The Bertz CT molecular complexity index is 1820. The van der Waals surface area contributed by atoms with Crippen molar-refractivity contribution in [1.82, 2.24) is 31.9 Å². The first-order chi connectivity index (χ1) is 39.5. The van der Waals surface area contributed by atoms with Crippen LogP contribution in [-0.2, 0) is 90.6 Å². The van der Waals surface area contributed by atoms with Gasteiger partial charge in [-0.3, -0.25) is 52.7 Å². The molecular formula is C50H94I2N10O20S2. The van der Waals surface area contributed by atoms with E-state index >= 15 is 0 Å². The zero-order valence-corrected chi connectivity index (χ0v) is 56.9. The molecule has 0 saturated carbocycles. The summed E-state index contributed by atoms with van der Waals surface area (Å²) in [5.74, 6) is 0.0658. The molecule has 0 spiro atoms. The zero-order valence-electron chi connectivity index (χ0n) is 50.9. The monoisotopic (exact) mass is 1470 g/mol. The number of thiol groups is 1. The number of ether oxygens (including phenoxy) is 8. The quantitative estimate of drug-likeness (QED) is 0.0198. The van der Waals surface area contributed by atoms with Gasteiger partial charge in [0, 0.05) is 86.7 Å². The van der Waals surface area contributed by atoms with E-state index in [1.54, 1.807) is 34.4 Å². The number of hydrogen-bond donors (Lipinski definition) is 9. The van der Waals surface area contributed by atoms with Gasteiger partial charge in [0.05, 0.1) is 67.2 Å². The molecule has 0 aromatic rings. The van der Waals surface area contributed by atoms with E-state index in [9.17, 15) is 52.7 Å². The Labute approximate surface area is 531 Å². The van der Waals surface area contributed by atoms with Gasteiger partial charge in [-0.25, -0.2) is 0 Å². The van der Waals surface area contributed by atoms with Crippen molar-refractivity contribution in [3.05, 3.63) is 10.4 Å². The van der Waals surface area contributed by atoms with Crippen LogP contribution in [0.2, 0.25) is 0 Å². The molecule has 30 nitrogen and oxygen atoms in total. The number of carbonyl (C=O) groups excluding carboxylic acids is 10. The highest BCUT2D eigenvalue weighted by Gasteiger charge is 2.29. The van der Waals surface area contributed by atoms with Gasteiger partial charge in [-0.2, -0.15) is 24.4 Å². The summed E-state index contributed by atoms with van der Waals surface area (Å²) in [7, 11) is 5.40. The van der Waals surface area contributed by atoms with Crippen LogP contribution < -0.4 is 37.6 Å². The number of nitrogens with zero attached hydrogens (tertiary/aromatic N) is 3. The van der Waals surface area contributed by atoms with Crippen molar-refractivity contribution in [3.63, 3.8) is 0 Å². The number of azide groups is 1. The topological polar surface area (TPSA) is 429 Å². The van der Waals surface area contributed by atoms with E-state index in [2.05, 4.69) is 73.5 Å².